The summed E-state index contributed by atoms with van der Waals surface area (Å²) in [5.74, 6) is 0.433. The lowest BCUT2D eigenvalue weighted by Crippen LogP contribution is -2.35. The minimum atomic E-state index is -3.87. The maximum absolute atomic E-state index is 13.2. The van der Waals surface area contributed by atoms with E-state index in [2.05, 4.69) is 13.8 Å². The minimum absolute atomic E-state index is 0.0720. The SMILES string of the molecule is COC(C)(C)C(C)COS(=O)(=O)c1c(C(C)C)cc(C(C)C)cc1C(C)C. The van der Waals surface area contributed by atoms with E-state index in [1.54, 1.807) is 7.11 Å². The van der Waals surface area contributed by atoms with Crippen molar-refractivity contribution in [2.24, 2.45) is 5.92 Å². The Labute approximate surface area is 166 Å². The van der Waals surface area contributed by atoms with Gasteiger partial charge in [-0.3, -0.25) is 4.18 Å². The van der Waals surface area contributed by atoms with Gasteiger partial charge in [-0.05, 0) is 48.3 Å². The van der Waals surface area contributed by atoms with Gasteiger partial charge in [-0.25, -0.2) is 0 Å². The van der Waals surface area contributed by atoms with Crippen LogP contribution in [0.25, 0.3) is 0 Å². The lowest BCUT2D eigenvalue weighted by Gasteiger charge is -2.30. The van der Waals surface area contributed by atoms with Crippen LogP contribution in [0.5, 0.6) is 0 Å². The third-order valence-electron chi connectivity index (χ3n) is 5.52. The van der Waals surface area contributed by atoms with Crippen LogP contribution >= 0.6 is 0 Å². The molecular formula is C22H38O4S. The highest BCUT2D eigenvalue weighted by atomic mass is 32.2. The fourth-order valence-corrected chi connectivity index (χ4v) is 4.50. The Morgan fingerprint density at radius 1 is 0.889 bits per heavy atom. The molecular weight excluding hydrogens is 360 g/mol. The topological polar surface area (TPSA) is 52.6 Å². The van der Waals surface area contributed by atoms with Crippen LogP contribution in [0.3, 0.4) is 0 Å². The summed E-state index contributed by atoms with van der Waals surface area (Å²) in [5, 5.41) is 0. The van der Waals surface area contributed by atoms with Crippen molar-refractivity contribution in [1.82, 2.24) is 0 Å². The predicted octanol–water partition coefficient (Wildman–Crippen LogP) is 5.82. The molecule has 0 heterocycles. The van der Waals surface area contributed by atoms with Crippen LogP contribution in [0.1, 0.15) is 96.8 Å². The van der Waals surface area contributed by atoms with Gasteiger partial charge < -0.3 is 4.74 Å². The smallest absolute Gasteiger partial charge is 0.297 e. The Bertz CT molecular complexity index is 702. The summed E-state index contributed by atoms with van der Waals surface area (Å²) in [6.45, 7) is 18.3. The average Bonchev–Trinajstić information content (AvgIpc) is 2.57. The number of hydrogen-bond donors (Lipinski definition) is 0. The Kier molecular flexibility index (Phi) is 8.10. The second-order valence-electron chi connectivity index (χ2n) is 8.94. The highest BCUT2D eigenvalue weighted by molar-refractivity contribution is 7.86. The van der Waals surface area contributed by atoms with E-state index >= 15 is 0 Å². The molecule has 1 atom stereocenters. The van der Waals surface area contributed by atoms with E-state index < -0.39 is 15.7 Å². The molecule has 0 radical (unpaired) electrons. The van der Waals surface area contributed by atoms with Crippen LogP contribution in [-0.2, 0) is 19.0 Å². The van der Waals surface area contributed by atoms with Crippen molar-refractivity contribution in [3.8, 4) is 0 Å². The Morgan fingerprint density at radius 2 is 1.33 bits per heavy atom. The molecule has 0 N–H and O–H groups in total. The normalized spacial score (nSPS) is 14.4. The third kappa shape index (κ3) is 5.78. The largest absolute Gasteiger partial charge is 0.378 e. The number of rotatable bonds is 9. The Hall–Kier alpha value is -0.910. The van der Waals surface area contributed by atoms with Crippen LogP contribution in [0, 0.1) is 5.92 Å². The standard InChI is InChI=1S/C22H38O4S/c1-14(2)18-11-19(15(3)4)21(20(12-18)16(5)6)27(23,24)26-13-17(7)22(8,9)25-10/h11-12,14-17H,13H2,1-10H3. The lowest BCUT2D eigenvalue weighted by molar-refractivity contribution is -0.0347. The molecule has 0 saturated carbocycles. The van der Waals surface area contributed by atoms with Crippen LogP contribution in [0.15, 0.2) is 17.0 Å². The molecule has 1 rings (SSSR count). The summed E-state index contributed by atoms with van der Waals surface area (Å²) >= 11 is 0. The maximum Gasteiger partial charge on any atom is 0.297 e. The highest BCUT2D eigenvalue weighted by Gasteiger charge is 2.31. The van der Waals surface area contributed by atoms with Crippen LogP contribution in [-0.4, -0.2) is 27.7 Å². The predicted molar refractivity (Wildman–Crippen MR) is 112 cm³/mol. The van der Waals surface area contributed by atoms with Gasteiger partial charge >= 0.3 is 0 Å². The first-order valence-corrected chi connectivity index (χ1v) is 11.3. The van der Waals surface area contributed by atoms with Gasteiger partial charge in [-0.15, -0.1) is 0 Å². The van der Waals surface area contributed by atoms with E-state index in [1.807, 2.05) is 60.6 Å². The maximum atomic E-state index is 13.2. The van der Waals surface area contributed by atoms with E-state index in [0.29, 0.717) is 10.8 Å². The summed E-state index contributed by atoms with van der Waals surface area (Å²) in [4.78, 5) is 0.347. The van der Waals surface area contributed by atoms with Gasteiger partial charge in [0.1, 0.15) is 4.90 Å². The van der Waals surface area contributed by atoms with E-state index in [-0.39, 0.29) is 24.4 Å². The van der Waals surface area contributed by atoms with Crippen molar-refractivity contribution in [1.29, 1.82) is 0 Å². The van der Waals surface area contributed by atoms with E-state index in [4.69, 9.17) is 8.92 Å². The molecule has 1 aromatic carbocycles. The zero-order valence-corrected chi connectivity index (χ0v) is 19.5. The zero-order valence-electron chi connectivity index (χ0n) is 18.7. The van der Waals surface area contributed by atoms with Crippen molar-refractivity contribution < 1.29 is 17.3 Å². The Morgan fingerprint density at radius 3 is 1.67 bits per heavy atom. The second kappa shape index (κ2) is 9.06. The summed E-state index contributed by atoms with van der Waals surface area (Å²) in [5.41, 5.74) is 2.38. The van der Waals surface area contributed by atoms with Gasteiger partial charge in [-0.2, -0.15) is 8.42 Å². The van der Waals surface area contributed by atoms with Gasteiger partial charge in [-0.1, -0.05) is 60.6 Å². The molecule has 1 unspecified atom stereocenters. The summed E-state index contributed by atoms with van der Waals surface area (Å²) in [6.07, 6.45) is 0. The minimum Gasteiger partial charge on any atom is -0.378 e. The van der Waals surface area contributed by atoms with Crippen molar-refractivity contribution >= 4 is 10.1 Å². The van der Waals surface area contributed by atoms with Crippen LogP contribution in [0.4, 0.5) is 0 Å². The fraction of sp³-hybridized carbons (Fsp3) is 0.727. The molecule has 0 aliphatic carbocycles. The molecule has 0 aromatic heterocycles. The average molecular weight is 399 g/mol. The Balaban J connectivity index is 3.45. The quantitative estimate of drug-likeness (QED) is 0.492. The summed E-state index contributed by atoms with van der Waals surface area (Å²) in [7, 11) is -2.24. The lowest BCUT2D eigenvalue weighted by atomic mass is 9.89. The molecule has 156 valence electrons. The summed E-state index contributed by atoms with van der Waals surface area (Å²) in [6, 6.07) is 4.06. The zero-order chi connectivity index (χ0) is 21.2. The number of benzene rings is 1. The van der Waals surface area contributed by atoms with E-state index in [0.717, 1.165) is 16.7 Å². The van der Waals surface area contributed by atoms with Gasteiger partial charge in [0.05, 0.1) is 12.2 Å². The van der Waals surface area contributed by atoms with Crippen molar-refractivity contribution in [3.63, 3.8) is 0 Å². The van der Waals surface area contributed by atoms with Gasteiger partial charge in [0, 0.05) is 13.0 Å². The molecule has 0 spiro atoms. The molecule has 0 amide bonds. The highest BCUT2D eigenvalue weighted by Crippen LogP contribution is 2.36. The third-order valence-corrected chi connectivity index (χ3v) is 6.93. The van der Waals surface area contributed by atoms with Crippen molar-refractivity contribution in [2.45, 2.75) is 90.6 Å². The number of hydrogen-bond acceptors (Lipinski definition) is 4. The van der Waals surface area contributed by atoms with Gasteiger partial charge in [0.25, 0.3) is 10.1 Å². The molecule has 0 aliphatic heterocycles. The number of ether oxygens (including phenoxy) is 1. The van der Waals surface area contributed by atoms with E-state index in [1.165, 1.54) is 0 Å². The molecule has 0 fully saturated rings. The van der Waals surface area contributed by atoms with E-state index in [9.17, 15) is 8.42 Å². The second-order valence-corrected chi connectivity index (χ2v) is 10.5. The van der Waals surface area contributed by atoms with Crippen molar-refractivity contribution in [3.05, 3.63) is 28.8 Å². The first-order valence-electron chi connectivity index (χ1n) is 9.86. The van der Waals surface area contributed by atoms with Crippen LogP contribution < -0.4 is 0 Å². The molecule has 0 saturated heterocycles. The molecule has 1 aromatic rings. The van der Waals surface area contributed by atoms with Gasteiger partial charge in [0.15, 0.2) is 0 Å². The molecule has 5 heteroatoms. The molecule has 0 bridgehead atoms. The van der Waals surface area contributed by atoms with Crippen LogP contribution in [0.2, 0.25) is 0 Å². The first-order chi connectivity index (χ1) is 12.2. The fourth-order valence-electron chi connectivity index (χ4n) is 2.83. The summed E-state index contributed by atoms with van der Waals surface area (Å²) < 4.78 is 37.4. The van der Waals surface area contributed by atoms with Gasteiger partial charge in [0.2, 0.25) is 0 Å². The molecule has 27 heavy (non-hydrogen) atoms. The first kappa shape index (κ1) is 24.1. The number of methoxy groups -OCH3 is 1. The molecule has 4 nitrogen and oxygen atoms in total. The monoisotopic (exact) mass is 398 g/mol. The van der Waals surface area contributed by atoms with Crippen molar-refractivity contribution in [2.75, 3.05) is 13.7 Å². The molecule has 0 aliphatic rings.